The van der Waals surface area contributed by atoms with Crippen molar-refractivity contribution in [3.8, 4) is 6.07 Å². The van der Waals surface area contributed by atoms with Gasteiger partial charge in [0.05, 0.1) is 12.7 Å². The molecule has 2 rings (SSSR count). The van der Waals surface area contributed by atoms with Gasteiger partial charge in [-0.15, -0.1) is 0 Å². The summed E-state index contributed by atoms with van der Waals surface area (Å²) in [6.07, 6.45) is 1.05. The Labute approximate surface area is 118 Å². The first-order valence-corrected chi connectivity index (χ1v) is 8.17. The van der Waals surface area contributed by atoms with Gasteiger partial charge in [0.2, 0.25) is 0 Å². The smallest absolute Gasteiger partial charge is 0.328 e. The molecule has 1 aliphatic carbocycles. The van der Waals surface area contributed by atoms with Crippen LogP contribution in [0, 0.1) is 16.7 Å². The van der Waals surface area contributed by atoms with Crippen molar-refractivity contribution >= 4 is 15.8 Å². The van der Waals surface area contributed by atoms with E-state index in [1.54, 1.807) is 37.3 Å². The summed E-state index contributed by atoms with van der Waals surface area (Å²) in [5.74, 6) is -1.42. The quantitative estimate of drug-likeness (QED) is 0.780. The van der Waals surface area contributed by atoms with Crippen molar-refractivity contribution in [2.24, 2.45) is 5.41 Å². The molecule has 1 aromatic rings. The van der Waals surface area contributed by atoms with Crippen molar-refractivity contribution in [2.75, 3.05) is 12.9 Å². The van der Waals surface area contributed by atoms with E-state index in [1.807, 2.05) is 6.07 Å². The zero-order valence-electron chi connectivity index (χ0n) is 11.2. The number of hydrogen-bond donors (Lipinski definition) is 0. The maximum atomic E-state index is 12.1. The zero-order valence-corrected chi connectivity index (χ0v) is 12.1. The first kappa shape index (κ1) is 14.5. The Morgan fingerprint density at radius 2 is 2.00 bits per heavy atom. The highest BCUT2D eigenvalue weighted by atomic mass is 32.2. The number of carbonyl (C=O) groups is 1. The third kappa shape index (κ3) is 2.08. The van der Waals surface area contributed by atoms with Gasteiger partial charge in [0.1, 0.15) is 5.25 Å². The van der Waals surface area contributed by atoms with Gasteiger partial charge < -0.3 is 4.74 Å². The Morgan fingerprint density at radius 1 is 1.40 bits per heavy atom. The van der Waals surface area contributed by atoms with Crippen molar-refractivity contribution in [3.05, 3.63) is 35.9 Å². The molecule has 1 aliphatic rings. The van der Waals surface area contributed by atoms with Gasteiger partial charge in [0, 0.05) is 12.2 Å². The SMILES string of the molecule is CCOC(=O)[C@@]1(C#N)[C@@H](c2ccccc2)[C@@H]1S(C)(=O)=O. The van der Waals surface area contributed by atoms with Gasteiger partial charge in [-0.2, -0.15) is 5.26 Å². The van der Waals surface area contributed by atoms with Crippen LogP contribution in [0.4, 0.5) is 0 Å². The number of carbonyl (C=O) groups excluding carboxylic acids is 1. The summed E-state index contributed by atoms with van der Waals surface area (Å²) in [6.45, 7) is 1.73. The Kier molecular flexibility index (Phi) is 3.57. The minimum absolute atomic E-state index is 0.111. The summed E-state index contributed by atoms with van der Waals surface area (Å²) in [5.41, 5.74) is -0.956. The lowest BCUT2D eigenvalue weighted by Gasteiger charge is -2.07. The lowest BCUT2D eigenvalue weighted by Crippen LogP contribution is -2.24. The summed E-state index contributed by atoms with van der Waals surface area (Å²) >= 11 is 0. The molecule has 0 radical (unpaired) electrons. The van der Waals surface area contributed by atoms with Crippen molar-refractivity contribution in [1.29, 1.82) is 5.26 Å². The van der Waals surface area contributed by atoms with Crippen LogP contribution in [-0.2, 0) is 19.4 Å². The number of esters is 1. The van der Waals surface area contributed by atoms with E-state index in [0.717, 1.165) is 6.26 Å². The Hall–Kier alpha value is -1.87. The molecular formula is C14H15NO4S. The normalized spacial score (nSPS) is 28.4. The summed E-state index contributed by atoms with van der Waals surface area (Å²) in [7, 11) is -3.53. The molecule has 0 bridgehead atoms. The predicted octanol–water partition coefficient (Wildman–Crippen LogP) is 1.27. The number of sulfone groups is 1. The molecule has 0 heterocycles. The molecule has 0 unspecified atom stereocenters. The lowest BCUT2D eigenvalue weighted by atomic mass is 10.0. The van der Waals surface area contributed by atoms with Gasteiger partial charge in [-0.3, -0.25) is 4.79 Å². The summed E-state index contributed by atoms with van der Waals surface area (Å²) in [4.78, 5) is 12.1. The fourth-order valence-electron chi connectivity index (χ4n) is 2.71. The Balaban J connectivity index is 2.50. The average Bonchev–Trinajstić information content (AvgIpc) is 3.11. The number of benzene rings is 1. The molecule has 20 heavy (non-hydrogen) atoms. The standard InChI is InChI=1S/C14H15NO4S/c1-3-19-13(16)14(9-15)11(12(14)20(2,17)18)10-7-5-4-6-8-10/h4-8,11-12H,3H2,1-2H3/t11-,12-,14-/m0/s1. The second kappa shape index (κ2) is 4.91. The number of nitriles is 1. The highest BCUT2D eigenvalue weighted by Crippen LogP contribution is 2.63. The second-order valence-electron chi connectivity index (χ2n) is 4.84. The molecule has 5 nitrogen and oxygen atoms in total. The van der Waals surface area contributed by atoms with E-state index in [1.165, 1.54) is 0 Å². The van der Waals surface area contributed by atoms with Crippen LogP contribution in [0.1, 0.15) is 18.4 Å². The molecule has 6 heteroatoms. The molecule has 0 N–H and O–H groups in total. The summed E-state index contributed by atoms with van der Waals surface area (Å²) in [5, 5.41) is 8.36. The Morgan fingerprint density at radius 3 is 2.45 bits per heavy atom. The van der Waals surface area contributed by atoms with Crippen molar-refractivity contribution in [1.82, 2.24) is 0 Å². The predicted molar refractivity (Wildman–Crippen MR) is 72.5 cm³/mol. The van der Waals surface area contributed by atoms with Crippen molar-refractivity contribution in [2.45, 2.75) is 18.1 Å². The van der Waals surface area contributed by atoms with Crippen molar-refractivity contribution in [3.63, 3.8) is 0 Å². The summed E-state index contributed by atoms with van der Waals surface area (Å²) in [6, 6.07) is 10.6. The lowest BCUT2D eigenvalue weighted by molar-refractivity contribution is -0.147. The second-order valence-corrected chi connectivity index (χ2v) is 7.01. The van der Waals surface area contributed by atoms with Crippen molar-refractivity contribution < 1.29 is 17.9 Å². The maximum Gasteiger partial charge on any atom is 0.328 e. The average molecular weight is 293 g/mol. The van der Waals surface area contributed by atoms with Crippen LogP contribution in [0.15, 0.2) is 30.3 Å². The van der Waals surface area contributed by atoms with E-state index in [2.05, 4.69) is 0 Å². The molecule has 0 saturated heterocycles. The van der Waals surface area contributed by atoms with E-state index >= 15 is 0 Å². The molecule has 0 amide bonds. The topological polar surface area (TPSA) is 84.2 Å². The maximum absolute atomic E-state index is 12.1. The van der Waals surface area contributed by atoms with E-state index in [4.69, 9.17) is 4.74 Å². The van der Waals surface area contributed by atoms with Crippen LogP contribution in [0.2, 0.25) is 0 Å². The highest BCUT2D eigenvalue weighted by molar-refractivity contribution is 7.91. The highest BCUT2D eigenvalue weighted by Gasteiger charge is 2.76. The van der Waals surface area contributed by atoms with Gasteiger partial charge in [0.25, 0.3) is 0 Å². The monoisotopic (exact) mass is 293 g/mol. The first-order valence-electron chi connectivity index (χ1n) is 6.21. The van der Waals surface area contributed by atoms with Crippen LogP contribution in [0.25, 0.3) is 0 Å². The van der Waals surface area contributed by atoms with Crippen LogP contribution in [-0.4, -0.2) is 32.5 Å². The van der Waals surface area contributed by atoms with Crippen LogP contribution in [0.3, 0.4) is 0 Å². The molecule has 1 aromatic carbocycles. The molecule has 0 aromatic heterocycles. The van der Waals surface area contributed by atoms with E-state index < -0.39 is 32.4 Å². The largest absolute Gasteiger partial charge is 0.465 e. The van der Waals surface area contributed by atoms with E-state index in [0.29, 0.717) is 5.56 Å². The number of nitrogens with zero attached hydrogens (tertiary/aromatic N) is 1. The van der Waals surface area contributed by atoms with E-state index in [9.17, 15) is 18.5 Å². The molecule has 0 spiro atoms. The third-order valence-electron chi connectivity index (χ3n) is 3.55. The Bertz CT molecular complexity index is 662. The molecule has 106 valence electrons. The minimum Gasteiger partial charge on any atom is -0.465 e. The number of rotatable bonds is 4. The van der Waals surface area contributed by atoms with Gasteiger partial charge in [-0.25, -0.2) is 8.42 Å². The molecule has 1 fully saturated rings. The van der Waals surface area contributed by atoms with Gasteiger partial charge in [0.15, 0.2) is 15.3 Å². The molecule has 1 saturated carbocycles. The van der Waals surface area contributed by atoms with Gasteiger partial charge >= 0.3 is 5.97 Å². The molecule has 3 atom stereocenters. The van der Waals surface area contributed by atoms with Crippen LogP contribution >= 0.6 is 0 Å². The number of hydrogen-bond acceptors (Lipinski definition) is 5. The fraction of sp³-hybridized carbons (Fsp3) is 0.429. The fourth-order valence-corrected chi connectivity index (χ4v) is 4.47. The zero-order chi connectivity index (χ0) is 15.0. The molecule has 0 aliphatic heterocycles. The first-order chi connectivity index (χ1) is 9.39. The third-order valence-corrected chi connectivity index (χ3v) is 5.12. The summed E-state index contributed by atoms with van der Waals surface area (Å²) < 4.78 is 28.7. The van der Waals surface area contributed by atoms with Gasteiger partial charge in [-0.05, 0) is 12.5 Å². The van der Waals surface area contributed by atoms with Crippen LogP contribution < -0.4 is 0 Å². The number of ether oxygens (including phenoxy) is 1. The van der Waals surface area contributed by atoms with E-state index in [-0.39, 0.29) is 6.61 Å². The van der Waals surface area contributed by atoms with Gasteiger partial charge in [-0.1, -0.05) is 30.3 Å². The van der Waals surface area contributed by atoms with Crippen LogP contribution in [0.5, 0.6) is 0 Å². The minimum atomic E-state index is -3.53. The molecular weight excluding hydrogens is 278 g/mol.